The first-order valence-electron chi connectivity index (χ1n) is 6.38. The number of nitrogens with two attached hydrogens (primary N) is 1. The lowest BCUT2D eigenvalue weighted by Crippen LogP contribution is -2.03. The highest BCUT2D eigenvalue weighted by molar-refractivity contribution is 5.64. The molecule has 2 aromatic rings. The number of nitrogens with zero attached hydrogens (tertiary/aromatic N) is 2. The zero-order chi connectivity index (χ0) is 12.7. The van der Waals surface area contributed by atoms with E-state index in [1.54, 1.807) is 0 Å². The van der Waals surface area contributed by atoms with E-state index >= 15 is 0 Å². The van der Waals surface area contributed by atoms with Crippen molar-refractivity contribution in [2.45, 2.75) is 33.1 Å². The number of aromatic nitrogens is 2. The standard InChI is InChI=1S/C15H17N3/c1-9-5-3-6-11(10(9)2)15-17-13-8-4-7-12(13)14(16)18-15/h3,5-6H,4,7-8H2,1-2H3,(H2,16,17,18). The molecule has 1 aliphatic rings. The van der Waals surface area contributed by atoms with E-state index in [9.17, 15) is 0 Å². The SMILES string of the molecule is Cc1cccc(-c2nc(N)c3c(n2)CCC3)c1C. The summed E-state index contributed by atoms with van der Waals surface area (Å²) in [6, 6.07) is 6.22. The fourth-order valence-corrected chi connectivity index (χ4v) is 2.58. The minimum Gasteiger partial charge on any atom is -0.383 e. The van der Waals surface area contributed by atoms with Crippen LogP contribution in [-0.2, 0) is 12.8 Å². The summed E-state index contributed by atoms with van der Waals surface area (Å²) in [5, 5.41) is 0. The molecule has 0 saturated carbocycles. The second kappa shape index (κ2) is 4.09. The summed E-state index contributed by atoms with van der Waals surface area (Å²) in [6.07, 6.45) is 3.19. The summed E-state index contributed by atoms with van der Waals surface area (Å²) in [6.45, 7) is 4.22. The molecule has 0 fully saturated rings. The van der Waals surface area contributed by atoms with Crippen molar-refractivity contribution in [2.24, 2.45) is 0 Å². The molecule has 0 aliphatic heterocycles. The van der Waals surface area contributed by atoms with Crippen molar-refractivity contribution in [3.05, 3.63) is 40.6 Å². The molecule has 0 atom stereocenters. The van der Waals surface area contributed by atoms with Gasteiger partial charge in [-0.3, -0.25) is 0 Å². The van der Waals surface area contributed by atoms with Gasteiger partial charge in [-0.1, -0.05) is 18.2 Å². The van der Waals surface area contributed by atoms with E-state index in [4.69, 9.17) is 10.7 Å². The summed E-state index contributed by atoms with van der Waals surface area (Å²) >= 11 is 0. The molecule has 18 heavy (non-hydrogen) atoms. The average Bonchev–Trinajstić information content (AvgIpc) is 2.81. The molecule has 0 bridgehead atoms. The molecule has 0 spiro atoms. The Morgan fingerprint density at radius 2 is 1.94 bits per heavy atom. The molecule has 0 unspecified atom stereocenters. The lowest BCUT2D eigenvalue weighted by atomic mass is 10.0. The highest BCUT2D eigenvalue weighted by Gasteiger charge is 2.18. The van der Waals surface area contributed by atoms with Gasteiger partial charge in [0.15, 0.2) is 5.82 Å². The van der Waals surface area contributed by atoms with Gasteiger partial charge in [0.25, 0.3) is 0 Å². The molecule has 1 aliphatic carbocycles. The minimum absolute atomic E-state index is 0.661. The Labute approximate surface area is 107 Å². The van der Waals surface area contributed by atoms with Crippen molar-refractivity contribution in [1.82, 2.24) is 9.97 Å². The number of rotatable bonds is 1. The van der Waals surface area contributed by atoms with Crippen LogP contribution in [0.1, 0.15) is 28.8 Å². The van der Waals surface area contributed by atoms with Gasteiger partial charge in [-0.2, -0.15) is 0 Å². The quantitative estimate of drug-likeness (QED) is 0.832. The number of benzene rings is 1. The van der Waals surface area contributed by atoms with Gasteiger partial charge in [-0.25, -0.2) is 9.97 Å². The highest BCUT2D eigenvalue weighted by Crippen LogP contribution is 2.29. The topological polar surface area (TPSA) is 51.8 Å². The molecule has 1 aromatic carbocycles. The zero-order valence-corrected chi connectivity index (χ0v) is 10.8. The third kappa shape index (κ3) is 1.67. The number of hydrogen-bond donors (Lipinski definition) is 1. The summed E-state index contributed by atoms with van der Waals surface area (Å²) in [4.78, 5) is 9.18. The molecule has 2 N–H and O–H groups in total. The Morgan fingerprint density at radius 3 is 2.78 bits per heavy atom. The molecular formula is C15H17N3. The monoisotopic (exact) mass is 239 g/mol. The van der Waals surface area contributed by atoms with E-state index in [1.165, 1.54) is 11.1 Å². The van der Waals surface area contributed by atoms with Crippen molar-refractivity contribution in [3.8, 4) is 11.4 Å². The van der Waals surface area contributed by atoms with Crippen molar-refractivity contribution in [2.75, 3.05) is 5.73 Å². The molecule has 0 amide bonds. The second-order valence-corrected chi connectivity index (χ2v) is 4.96. The van der Waals surface area contributed by atoms with Crippen LogP contribution in [0, 0.1) is 13.8 Å². The van der Waals surface area contributed by atoms with Crippen LogP contribution < -0.4 is 5.73 Å². The predicted molar refractivity (Wildman–Crippen MR) is 73.4 cm³/mol. The highest BCUT2D eigenvalue weighted by atomic mass is 15.0. The molecule has 3 nitrogen and oxygen atoms in total. The maximum atomic E-state index is 6.05. The van der Waals surface area contributed by atoms with Crippen LogP contribution in [0.15, 0.2) is 18.2 Å². The Kier molecular flexibility index (Phi) is 2.54. The van der Waals surface area contributed by atoms with Gasteiger partial charge >= 0.3 is 0 Å². The van der Waals surface area contributed by atoms with Crippen LogP contribution >= 0.6 is 0 Å². The Bertz CT molecular complexity index is 617. The van der Waals surface area contributed by atoms with Crippen LogP contribution in [-0.4, -0.2) is 9.97 Å². The fraction of sp³-hybridized carbons (Fsp3) is 0.333. The van der Waals surface area contributed by atoms with E-state index in [-0.39, 0.29) is 0 Å². The van der Waals surface area contributed by atoms with Crippen LogP contribution in [0.3, 0.4) is 0 Å². The Balaban J connectivity index is 2.18. The van der Waals surface area contributed by atoms with Gasteiger partial charge in [0.05, 0.1) is 0 Å². The molecule has 1 aromatic heterocycles. The molecular weight excluding hydrogens is 222 g/mol. The van der Waals surface area contributed by atoms with Crippen LogP contribution in [0.5, 0.6) is 0 Å². The number of aryl methyl sites for hydroxylation is 2. The zero-order valence-electron chi connectivity index (χ0n) is 10.8. The number of fused-ring (bicyclic) bond motifs is 1. The third-order valence-electron chi connectivity index (χ3n) is 3.81. The van der Waals surface area contributed by atoms with E-state index in [0.29, 0.717) is 5.82 Å². The van der Waals surface area contributed by atoms with Crippen molar-refractivity contribution in [3.63, 3.8) is 0 Å². The normalized spacial score (nSPS) is 13.7. The van der Waals surface area contributed by atoms with E-state index in [0.717, 1.165) is 41.9 Å². The molecule has 92 valence electrons. The smallest absolute Gasteiger partial charge is 0.162 e. The Hall–Kier alpha value is -1.90. The van der Waals surface area contributed by atoms with E-state index < -0.39 is 0 Å². The number of nitrogen functional groups attached to an aromatic ring is 1. The summed E-state index contributed by atoms with van der Waals surface area (Å²) in [5.74, 6) is 1.43. The van der Waals surface area contributed by atoms with Gasteiger partial charge < -0.3 is 5.73 Å². The second-order valence-electron chi connectivity index (χ2n) is 4.96. The number of anilines is 1. The van der Waals surface area contributed by atoms with E-state index in [1.807, 2.05) is 6.07 Å². The van der Waals surface area contributed by atoms with Gasteiger partial charge in [-0.15, -0.1) is 0 Å². The Morgan fingerprint density at radius 1 is 1.11 bits per heavy atom. The molecule has 0 radical (unpaired) electrons. The largest absolute Gasteiger partial charge is 0.383 e. The third-order valence-corrected chi connectivity index (χ3v) is 3.81. The van der Waals surface area contributed by atoms with Gasteiger partial charge in [0.1, 0.15) is 5.82 Å². The maximum Gasteiger partial charge on any atom is 0.162 e. The van der Waals surface area contributed by atoms with Gasteiger partial charge in [0.2, 0.25) is 0 Å². The van der Waals surface area contributed by atoms with Crippen molar-refractivity contribution in [1.29, 1.82) is 0 Å². The van der Waals surface area contributed by atoms with Crippen LogP contribution in [0.4, 0.5) is 5.82 Å². The van der Waals surface area contributed by atoms with Crippen LogP contribution in [0.2, 0.25) is 0 Å². The maximum absolute atomic E-state index is 6.05. The first-order chi connectivity index (χ1) is 8.66. The molecule has 1 heterocycles. The summed E-state index contributed by atoms with van der Waals surface area (Å²) < 4.78 is 0. The molecule has 3 rings (SSSR count). The lowest BCUT2D eigenvalue weighted by molar-refractivity contribution is 0.900. The van der Waals surface area contributed by atoms with Gasteiger partial charge in [0, 0.05) is 16.8 Å². The van der Waals surface area contributed by atoms with Crippen LogP contribution in [0.25, 0.3) is 11.4 Å². The number of hydrogen-bond acceptors (Lipinski definition) is 3. The summed E-state index contributed by atoms with van der Waals surface area (Å²) in [7, 11) is 0. The summed E-state index contributed by atoms with van der Waals surface area (Å²) in [5.41, 5.74) is 11.9. The van der Waals surface area contributed by atoms with Gasteiger partial charge in [-0.05, 0) is 44.2 Å². The van der Waals surface area contributed by atoms with E-state index in [2.05, 4.69) is 31.0 Å². The minimum atomic E-state index is 0.661. The first kappa shape index (κ1) is 11.2. The first-order valence-corrected chi connectivity index (χ1v) is 6.38. The average molecular weight is 239 g/mol. The lowest BCUT2D eigenvalue weighted by Gasteiger charge is -2.10. The van der Waals surface area contributed by atoms with Crippen molar-refractivity contribution < 1.29 is 0 Å². The molecule has 0 saturated heterocycles. The van der Waals surface area contributed by atoms with Crippen molar-refractivity contribution >= 4 is 5.82 Å². The fourth-order valence-electron chi connectivity index (χ4n) is 2.58. The predicted octanol–water partition coefficient (Wildman–Crippen LogP) is 2.83. The molecule has 3 heteroatoms.